The minimum atomic E-state index is -0.769. The maximum Gasteiger partial charge on any atom is 0.217 e. The highest BCUT2D eigenvalue weighted by atomic mass is 79.9. The number of nitrogens with zero attached hydrogens (tertiary/aromatic N) is 1. The van der Waals surface area contributed by atoms with Gasteiger partial charge in [0, 0.05) is 14.2 Å². The molecule has 0 fully saturated rings. The summed E-state index contributed by atoms with van der Waals surface area (Å²) in [6.07, 6.45) is 0. The summed E-state index contributed by atoms with van der Waals surface area (Å²) < 4.78 is 10.8. The summed E-state index contributed by atoms with van der Waals surface area (Å²) in [6, 6.07) is 10.1. The van der Waals surface area contributed by atoms with Gasteiger partial charge in [0.05, 0.1) is 17.6 Å². The molecule has 3 nitrogen and oxygen atoms in total. The molecule has 1 aromatic rings. The van der Waals surface area contributed by atoms with Crippen LogP contribution in [0.15, 0.2) is 35.3 Å². The number of hydrogen-bond acceptors (Lipinski definition) is 3. The van der Waals surface area contributed by atoms with Crippen molar-refractivity contribution in [3.8, 4) is 0 Å². The third kappa shape index (κ3) is 3.63. The molecule has 0 aliphatic heterocycles. The molecule has 0 unspecified atom stereocenters. The molecule has 17 heavy (non-hydrogen) atoms. The maximum absolute atomic E-state index is 5.39. The zero-order valence-electron chi connectivity index (χ0n) is 10.4. The molecular weight excluding hydrogens is 282 g/mol. The highest BCUT2D eigenvalue weighted by Gasteiger charge is 2.31. The Balaban J connectivity index is 2.78. The number of aliphatic imine (C=N–C) groups is 1. The Labute approximate surface area is 111 Å². The van der Waals surface area contributed by atoms with Crippen molar-refractivity contribution in [3.63, 3.8) is 0 Å². The average Bonchev–Trinajstić information content (AvgIpc) is 2.40. The van der Waals surface area contributed by atoms with Crippen LogP contribution in [0.5, 0.6) is 0 Å². The molecule has 0 heterocycles. The Bertz CT molecular complexity index is 353. The molecule has 4 heteroatoms. The van der Waals surface area contributed by atoms with Crippen molar-refractivity contribution < 1.29 is 9.47 Å². The van der Waals surface area contributed by atoms with Gasteiger partial charge in [-0.15, -0.1) is 0 Å². The van der Waals surface area contributed by atoms with E-state index < -0.39 is 5.79 Å². The molecule has 0 aliphatic carbocycles. The highest BCUT2D eigenvalue weighted by molar-refractivity contribution is 9.09. The number of halogens is 1. The van der Waals surface area contributed by atoms with Crippen molar-refractivity contribution in [1.82, 2.24) is 0 Å². The van der Waals surface area contributed by atoms with Gasteiger partial charge >= 0.3 is 0 Å². The van der Waals surface area contributed by atoms with Crippen LogP contribution < -0.4 is 0 Å². The van der Waals surface area contributed by atoms with Gasteiger partial charge in [0.1, 0.15) is 0 Å². The zero-order chi connectivity index (χ0) is 12.7. The van der Waals surface area contributed by atoms with Crippen molar-refractivity contribution in [1.29, 1.82) is 0 Å². The quantitative estimate of drug-likeness (QED) is 0.459. The number of ether oxygens (including phenoxy) is 2. The smallest absolute Gasteiger partial charge is 0.217 e. The number of methoxy groups -OCH3 is 2. The molecule has 0 atom stereocenters. The lowest BCUT2D eigenvalue weighted by molar-refractivity contribution is -0.135. The number of rotatable bonds is 6. The van der Waals surface area contributed by atoms with Gasteiger partial charge in [-0.3, -0.25) is 4.99 Å². The van der Waals surface area contributed by atoms with E-state index >= 15 is 0 Å². The summed E-state index contributed by atoms with van der Waals surface area (Å²) >= 11 is 3.39. The third-order valence-electron chi connectivity index (χ3n) is 2.73. The zero-order valence-corrected chi connectivity index (χ0v) is 12.0. The van der Waals surface area contributed by atoms with Crippen LogP contribution in [0.2, 0.25) is 0 Å². The molecular formula is C13H18BrNO2. The van der Waals surface area contributed by atoms with E-state index in [0.29, 0.717) is 11.9 Å². The first-order chi connectivity index (χ1) is 8.18. The second-order valence-corrected chi connectivity index (χ2v) is 4.24. The lowest BCUT2D eigenvalue weighted by Gasteiger charge is -2.28. The minimum absolute atomic E-state index is 0.553. The van der Waals surface area contributed by atoms with Crippen molar-refractivity contribution >= 4 is 21.6 Å². The van der Waals surface area contributed by atoms with Gasteiger partial charge in [-0.25, -0.2) is 0 Å². The highest BCUT2D eigenvalue weighted by Crippen LogP contribution is 2.17. The molecule has 1 rings (SSSR count). The van der Waals surface area contributed by atoms with E-state index in [1.165, 1.54) is 5.56 Å². The third-order valence-corrected chi connectivity index (χ3v) is 3.47. The number of alkyl halides is 1. The van der Waals surface area contributed by atoms with Crippen LogP contribution in [0.25, 0.3) is 0 Å². The van der Waals surface area contributed by atoms with E-state index in [1.54, 1.807) is 14.2 Å². The van der Waals surface area contributed by atoms with E-state index in [1.807, 2.05) is 37.3 Å². The Kier molecular flexibility index (Phi) is 5.82. The Morgan fingerprint density at radius 1 is 1.24 bits per heavy atom. The van der Waals surface area contributed by atoms with Gasteiger partial charge in [-0.2, -0.15) is 0 Å². The van der Waals surface area contributed by atoms with Gasteiger partial charge < -0.3 is 9.47 Å². The van der Waals surface area contributed by atoms with Gasteiger partial charge in [-0.05, 0) is 12.5 Å². The van der Waals surface area contributed by atoms with Gasteiger partial charge in [0.2, 0.25) is 5.79 Å². The van der Waals surface area contributed by atoms with E-state index in [-0.39, 0.29) is 0 Å². The van der Waals surface area contributed by atoms with Crippen molar-refractivity contribution in [2.45, 2.75) is 19.3 Å². The van der Waals surface area contributed by atoms with E-state index in [0.717, 1.165) is 5.71 Å². The Hall–Kier alpha value is -0.710. The average molecular weight is 300 g/mol. The van der Waals surface area contributed by atoms with E-state index in [9.17, 15) is 0 Å². The lowest BCUT2D eigenvalue weighted by atomic mass is 10.2. The fourth-order valence-corrected chi connectivity index (χ4v) is 2.36. The lowest BCUT2D eigenvalue weighted by Crippen LogP contribution is -2.43. The van der Waals surface area contributed by atoms with Gasteiger partial charge in [-0.1, -0.05) is 46.3 Å². The van der Waals surface area contributed by atoms with Gasteiger partial charge in [0.25, 0.3) is 0 Å². The monoisotopic (exact) mass is 299 g/mol. The predicted molar refractivity (Wildman–Crippen MR) is 73.8 cm³/mol. The molecule has 0 aliphatic rings. The van der Waals surface area contributed by atoms with E-state index in [4.69, 9.17) is 9.47 Å². The molecule has 1 aromatic carbocycles. The first kappa shape index (κ1) is 14.4. The molecule has 0 bridgehead atoms. The second kappa shape index (κ2) is 6.89. The van der Waals surface area contributed by atoms with Crippen LogP contribution in [0.4, 0.5) is 0 Å². The van der Waals surface area contributed by atoms with Crippen LogP contribution in [0.3, 0.4) is 0 Å². The number of benzene rings is 1. The molecule has 0 saturated carbocycles. The molecule has 0 saturated heterocycles. The van der Waals surface area contributed by atoms with E-state index in [2.05, 4.69) is 20.9 Å². The van der Waals surface area contributed by atoms with Crippen LogP contribution in [0, 0.1) is 0 Å². The second-order valence-electron chi connectivity index (χ2n) is 3.68. The Morgan fingerprint density at radius 3 is 2.29 bits per heavy atom. The molecule has 94 valence electrons. The molecule has 0 N–H and O–H groups in total. The fourth-order valence-electron chi connectivity index (χ4n) is 1.50. The summed E-state index contributed by atoms with van der Waals surface area (Å²) in [5, 5.41) is 0.553. The first-order valence-corrected chi connectivity index (χ1v) is 6.52. The largest absolute Gasteiger partial charge is 0.348 e. The number of hydrogen-bond donors (Lipinski definition) is 0. The summed E-state index contributed by atoms with van der Waals surface area (Å²) in [5.41, 5.74) is 1.99. The fraction of sp³-hybridized carbons (Fsp3) is 0.462. The van der Waals surface area contributed by atoms with Crippen LogP contribution in [0.1, 0.15) is 12.5 Å². The van der Waals surface area contributed by atoms with Crippen molar-refractivity contribution in [2.24, 2.45) is 4.99 Å². The molecule has 0 aromatic heterocycles. The van der Waals surface area contributed by atoms with Crippen LogP contribution in [-0.2, 0) is 16.0 Å². The molecule has 0 amide bonds. The topological polar surface area (TPSA) is 30.8 Å². The van der Waals surface area contributed by atoms with Crippen LogP contribution in [-0.4, -0.2) is 31.0 Å². The summed E-state index contributed by atoms with van der Waals surface area (Å²) in [7, 11) is 3.23. The molecule has 0 spiro atoms. The van der Waals surface area contributed by atoms with Gasteiger partial charge in [0.15, 0.2) is 0 Å². The minimum Gasteiger partial charge on any atom is -0.348 e. The summed E-state index contributed by atoms with van der Waals surface area (Å²) in [5.74, 6) is -0.769. The maximum atomic E-state index is 5.39. The summed E-state index contributed by atoms with van der Waals surface area (Å²) in [4.78, 5) is 4.52. The predicted octanol–water partition coefficient (Wildman–Crippen LogP) is 3.03. The van der Waals surface area contributed by atoms with Crippen molar-refractivity contribution in [2.75, 3.05) is 19.5 Å². The first-order valence-electron chi connectivity index (χ1n) is 5.40. The standard InChI is InChI=1S/C13H18BrNO2/c1-11(13(10-14,16-2)17-3)15-9-12-7-5-4-6-8-12/h4-8H,9-10H2,1-3H3. The molecule has 0 radical (unpaired) electrons. The van der Waals surface area contributed by atoms with Crippen molar-refractivity contribution in [3.05, 3.63) is 35.9 Å². The van der Waals surface area contributed by atoms with Crippen LogP contribution >= 0.6 is 15.9 Å². The normalized spacial score (nSPS) is 12.8. The Morgan fingerprint density at radius 2 is 1.82 bits per heavy atom. The summed E-state index contributed by atoms with van der Waals surface area (Å²) in [6.45, 7) is 2.55. The SMILES string of the molecule is COC(CBr)(OC)C(C)=NCc1ccccc1.